The summed E-state index contributed by atoms with van der Waals surface area (Å²) in [6, 6.07) is 3.64. The highest BCUT2D eigenvalue weighted by Crippen LogP contribution is 2.29. The minimum atomic E-state index is -0.707. The van der Waals surface area contributed by atoms with Crippen molar-refractivity contribution in [1.82, 2.24) is 4.90 Å². The molecule has 1 aromatic carbocycles. The van der Waals surface area contributed by atoms with Gasteiger partial charge in [-0.15, -0.1) is 0 Å². The third kappa shape index (κ3) is 2.72. The molecule has 108 valence electrons. The number of carbonyl (C=O) groups is 1. The molecule has 20 heavy (non-hydrogen) atoms. The molecule has 1 saturated carbocycles. The van der Waals surface area contributed by atoms with Crippen molar-refractivity contribution < 1.29 is 19.9 Å². The second-order valence-corrected chi connectivity index (χ2v) is 4.77. The number of hydrogen-bond donors (Lipinski definition) is 2. The molecular formula is C13H16N2O5. The van der Waals surface area contributed by atoms with E-state index in [1.165, 1.54) is 6.07 Å². The average molecular weight is 280 g/mol. The lowest BCUT2D eigenvalue weighted by molar-refractivity contribution is -0.385. The molecule has 0 saturated heterocycles. The number of phenolic OH excluding ortho intramolecular Hbond substituents is 1. The third-order valence-corrected chi connectivity index (χ3v) is 3.54. The Hall–Kier alpha value is -2.15. The van der Waals surface area contributed by atoms with Gasteiger partial charge in [0.15, 0.2) is 5.75 Å². The second-order valence-electron chi connectivity index (χ2n) is 4.77. The highest BCUT2D eigenvalue weighted by atomic mass is 16.6. The fourth-order valence-electron chi connectivity index (χ4n) is 2.23. The van der Waals surface area contributed by atoms with Gasteiger partial charge in [-0.3, -0.25) is 14.9 Å². The number of aromatic hydroxyl groups is 1. The van der Waals surface area contributed by atoms with E-state index in [2.05, 4.69) is 0 Å². The van der Waals surface area contributed by atoms with Crippen molar-refractivity contribution in [3.8, 4) is 5.75 Å². The third-order valence-electron chi connectivity index (χ3n) is 3.54. The van der Waals surface area contributed by atoms with E-state index in [1.54, 1.807) is 4.90 Å². The predicted molar refractivity (Wildman–Crippen MR) is 70.5 cm³/mol. The first-order valence-electron chi connectivity index (χ1n) is 6.44. The van der Waals surface area contributed by atoms with Gasteiger partial charge in [0, 0.05) is 24.2 Å². The second kappa shape index (κ2) is 5.87. The predicted octanol–water partition coefficient (Wildman–Crippen LogP) is 1.29. The summed E-state index contributed by atoms with van der Waals surface area (Å²) in [7, 11) is 0. The molecule has 0 aromatic heterocycles. The van der Waals surface area contributed by atoms with Gasteiger partial charge in [0.05, 0.1) is 11.5 Å². The highest BCUT2D eigenvalue weighted by molar-refractivity contribution is 5.95. The summed E-state index contributed by atoms with van der Waals surface area (Å²) in [5.74, 6) is -0.854. The fraction of sp³-hybridized carbons (Fsp3) is 0.462. The minimum absolute atomic E-state index is 0.104. The number of hydrogen-bond acceptors (Lipinski definition) is 5. The number of nitrogens with zero attached hydrogens (tertiary/aromatic N) is 2. The van der Waals surface area contributed by atoms with E-state index in [4.69, 9.17) is 5.11 Å². The molecule has 7 heteroatoms. The van der Waals surface area contributed by atoms with Crippen LogP contribution in [-0.2, 0) is 0 Å². The van der Waals surface area contributed by atoms with Crippen LogP contribution in [0.25, 0.3) is 0 Å². The van der Waals surface area contributed by atoms with E-state index in [0.717, 1.165) is 31.4 Å². The van der Waals surface area contributed by atoms with E-state index in [-0.39, 0.29) is 30.7 Å². The lowest BCUT2D eigenvalue weighted by atomic mass is 9.91. The molecule has 1 aromatic rings. The first-order valence-corrected chi connectivity index (χ1v) is 6.44. The molecule has 0 radical (unpaired) electrons. The Kier molecular flexibility index (Phi) is 4.19. The number of aliphatic hydroxyl groups excluding tert-OH is 1. The first kappa shape index (κ1) is 14.3. The van der Waals surface area contributed by atoms with Crippen molar-refractivity contribution in [3.05, 3.63) is 33.9 Å². The summed E-state index contributed by atoms with van der Waals surface area (Å²) in [4.78, 5) is 23.8. The molecule has 1 aliphatic rings. The number of carbonyl (C=O) groups excluding carboxylic acids is 1. The normalized spacial score (nSPS) is 14.7. The van der Waals surface area contributed by atoms with E-state index in [0.29, 0.717) is 0 Å². The minimum Gasteiger partial charge on any atom is -0.502 e. The fourth-order valence-corrected chi connectivity index (χ4v) is 2.23. The van der Waals surface area contributed by atoms with Crippen LogP contribution in [-0.4, -0.2) is 45.1 Å². The average Bonchev–Trinajstić information content (AvgIpc) is 2.34. The largest absolute Gasteiger partial charge is 0.502 e. The van der Waals surface area contributed by atoms with Crippen LogP contribution >= 0.6 is 0 Å². The van der Waals surface area contributed by atoms with Crippen LogP contribution in [0.15, 0.2) is 18.2 Å². The van der Waals surface area contributed by atoms with E-state index in [1.807, 2.05) is 0 Å². The zero-order valence-corrected chi connectivity index (χ0v) is 10.9. The molecule has 1 fully saturated rings. The standard InChI is InChI=1S/C13H16N2O5/c16-7-6-14(10-2-1-3-10)13(18)9-4-5-11(15(19)20)12(17)8-9/h4-5,8,10,16-17H,1-3,6-7H2. The topological polar surface area (TPSA) is 104 Å². The summed E-state index contributed by atoms with van der Waals surface area (Å²) in [6.07, 6.45) is 2.83. The van der Waals surface area contributed by atoms with Crippen LogP contribution in [0.1, 0.15) is 29.6 Å². The van der Waals surface area contributed by atoms with Gasteiger partial charge in [-0.05, 0) is 31.4 Å². The highest BCUT2D eigenvalue weighted by Gasteiger charge is 2.29. The van der Waals surface area contributed by atoms with Crippen molar-refractivity contribution in [2.45, 2.75) is 25.3 Å². The van der Waals surface area contributed by atoms with E-state index < -0.39 is 16.4 Å². The van der Waals surface area contributed by atoms with Crippen molar-refractivity contribution in [2.24, 2.45) is 0 Å². The van der Waals surface area contributed by atoms with Gasteiger partial charge in [0.2, 0.25) is 0 Å². The van der Waals surface area contributed by atoms with Crippen molar-refractivity contribution in [3.63, 3.8) is 0 Å². The van der Waals surface area contributed by atoms with Gasteiger partial charge in [-0.25, -0.2) is 0 Å². The zero-order chi connectivity index (χ0) is 14.7. The lowest BCUT2D eigenvalue weighted by Gasteiger charge is -2.37. The van der Waals surface area contributed by atoms with Gasteiger partial charge in [-0.2, -0.15) is 0 Å². The number of nitro benzene ring substituents is 1. The molecule has 2 N–H and O–H groups in total. The molecule has 2 rings (SSSR count). The van der Waals surface area contributed by atoms with Gasteiger partial charge in [-0.1, -0.05) is 0 Å². The Bertz CT molecular complexity index is 527. The molecule has 0 heterocycles. The molecule has 0 unspecified atom stereocenters. The van der Waals surface area contributed by atoms with Crippen LogP contribution in [0, 0.1) is 10.1 Å². The maximum absolute atomic E-state index is 12.3. The molecule has 1 aliphatic carbocycles. The molecule has 0 bridgehead atoms. The Morgan fingerprint density at radius 1 is 1.45 bits per heavy atom. The summed E-state index contributed by atoms with van der Waals surface area (Å²) >= 11 is 0. The van der Waals surface area contributed by atoms with Crippen molar-refractivity contribution in [1.29, 1.82) is 0 Å². The van der Waals surface area contributed by atoms with E-state index >= 15 is 0 Å². The van der Waals surface area contributed by atoms with Gasteiger partial charge >= 0.3 is 5.69 Å². The smallest absolute Gasteiger partial charge is 0.310 e. The van der Waals surface area contributed by atoms with Gasteiger partial charge in [0.1, 0.15) is 0 Å². The monoisotopic (exact) mass is 280 g/mol. The van der Waals surface area contributed by atoms with Crippen LogP contribution < -0.4 is 0 Å². The lowest BCUT2D eigenvalue weighted by Crippen LogP contribution is -2.45. The molecule has 7 nitrogen and oxygen atoms in total. The summed E-state index contributed by atoms with van der Waals surface area (Å²) in [6.45, 7) is 0.0858. The molecular weight excluding hydrogens is 264 g/mol. The summed E-state index contributed by atoms with van der Waals surface area (Å²) < 4.78 is 0. The Morgan fingerprint density at radius 3 is 2.60 bits per heavy atom. The molecule has 0 spiro atoms. The number of aliphatic hydroxyl groups is 1. The van der Waals surface area contributed by atoms with Crippen molar-refractivity contribution >= 4 is 11.6 Å². The van der Waals surface area contributed by atoms with Crippen LogP contribution in [0.2, 0.25) is 0 Å². The Morgan fingerprint density at radius 2 is 2.15 bits per heavy atom. The zero-order valence-electron chi connectivity index (χ0n) is 10.9. The quantitative estimate of drug-likeness (QED) is 0.624. The molecule has 1 amide bonds. The van der Waals surface area contributed by atoms with Crippen LogP contribution in [0.3, 0.4) is 0 Å². The molecule has 0 atom stereocenters. The SMILES string of the molecule is O=C(c1ccc([N+](=O)[O-])c(O)c1)N(CCO)C1CCC1. The van der Waals surface area contributed by atoms with Crippen LogP contribution in [0.5, 0.6) is 5.75 Å². The van der Waals surface area contributed by atoms with Crippen LogP contribution in [0.4, 0.5) is 5.69 Å². The number of rotatable bonds is 5. The van der Waals surface area contributed by atoms with Crippen molar-refractivity contribution in [2.75, 3.05) is 13.2 Å². The Labute approximate surface area is 115 Å². The van der Waals surface area contributed by atoms with Gasteiger partial charge in [0.25, 0.3) is 5.91 Å². The number of phenols is 1. The number of amides is 1. The summed E-state index contributed by atoms with van der Waals surface area (Å²) in [5, 5.41) is 29.2. The molecule has 0 aliphatic heterocycles. The first-order chi connectivity index (χ1) is 9.54. The number of nitro groups is 1. The maximum atomic E-state index is 12.3. The maximum Gasteiger partial charge on any atom is 0.310 e. The summed E-state index contributed by atoms with van der Waals surface area (Å²) in [5.41, 5.74) is -0.243. The van der Waals surface area contributed by atoms with E-state index in [9.17, 15) is 20.0 Å². The Balaban J connectivity index is 2.22. The van der Waals surface area contributed by atoms with Gasteiger partial charge < -0.3 is 15.1 Å². The number of benzene rings is 1.